The molecule has 0 bridgehead atoms. The van der Waals surface area contributed by atoms with Crippen molar-refractivity contribution in [3.05, 3.63) is 63.4 Å². The van der Waals surface area contributed by atoms with Crippen LogP contribution in [0.5, 0.6) is 0 Å². The molecule has 7 heteroatoms. The molecule has 23 heavy (non-hydrogen) atoms. The maximum absolute atomic E-state index is 11.8. The predicted molar refractivity (Wildman–Crippen MR) is 88.7 cm³/mol. The van der Waals surface area contributed by atoms with E-state index in [0.29, 0.717) is 27.0 Å². The molecule has 1 N–H and O–H groups in total. The van der Waals surface area contributed by atoms with Crippen molar-refractivity contribution in [3.63, 3.8) is 0 Å². The SMILES string of the molecule is CCOC(=O)c1ccnc(/C(Cc2ccc(Cl)c(Cl)c2)=N/O)c1. The molecule has 0 fully saturated rings. The van der Waals surface area contributed by atoms with Gasteiger partial charge >= 0.3 is 5.97 Å². The lowest BCUT2D eigenvalue weighted by molar-refractivity contribution is 0.0526. The zero-order chi connectivity index (χ0) is 16.8. The van der Waals surface area contributed by atoms with Crippen LogP contribution < -0.4 is 0 Å². The van der Waals surface area contributed by atoms with Crippen molar-refractivity contribution in [2.75, 3.05) is 6.61 Å². The molecule has 0 saturated carbocycles. The second kappa shape index (κ2) is 7.94. The van der Waals surface area contributed by atoms with Gasteiger partial charge in [0.15, 0.2) is 0 Å². The molecule has 0 spiro atoms. The summed E-state index contributed by atoms with van der Waals surface area (Å²) in [6, 6.07) is 8.18. The number of hydrogen-bond donors (Lipinski definition) is 1. The van der Waals surface area contributed by atoms with E-state index < -0.39 is 5.97 Å². The van der Waals surface area contributed by atoms with Gasteiger partial charge in [0.25, 0.3) is 0 Å². The van der Waals surface area contributed by atoms with E-state index in [0.717, 1.165) is 5.56 Å². The topological polar surface area (TPSA) is 71.8 Å². The van der Waals surface area contributed by atoms with Gasteiger partial charge in [-0.15, -0.1) is 0 Å². The first-order valence-corrected chi connectivity index (χ1v) is 7.59. The number of hydrogen-bond acceptors (Lipinski definition) is 5. The lowest BCUT2D eigenvalue weighted by Gasteiger charge is -2.07. The van der Waals surface area contributed by atoms with Crippen molar-refractivity contribution in [3.8, 4) is 0 Å². The maximum atomic E-state index is 11.8. The minimum Gasteiger partial charge on any atom is -0.462 e. The zero-order valence-electron chi connectivity index (χ0n) is 12.3. The van der Waals surface area contributed by atoms with Crippen molar-refractivity contribution in [2.45, 2.75) is 13.3 Å². The summed E-state index contributed by atoms with van der Waals surface area (Å²) in [4.78, 5) is 15.9. The van der Waals surface area contributed by atoms with E-state index in [1.807, 2.05) is 0 Å². The van der Waals surface area contributed by atoms with Gasteiger partial charge in [-0.3, -0.25) is 4.98 Å². The number of ether oxygens (including phenoxy) is 1. The van der Waals surface area contributed by atoms with Crippen LogP contribution in [0.1, 0.15) is 28.5 Å². The third-order valence-electron chi connectivity index (χ3n) is 3.04. The Hall–Kier alpha value is -2.11. The zero-order valence-corrected chi connectivity index (χ0v) is 13.8. The molecule has 0 amide bonds. The molecule has 0 aliphatic rings. The third kappa shape index (κ3) is 4.43. The van der Waals surface area contributed by atoms with Crippen LogP contribution in [0.25, 0.3) is 0 Å². The van der Waals surface area contributed by atoms with Crippen LogP contribution in [-0.2, 0) is 11.2 Å². The first kappa shape index (κ1) is 17.2. The lowest BCUT2D eigenvalue weighted by Crippen LogP contribution is -2.11. The average Bonchev–Trinajstić information content (AvgIpc) is 2.56. The number of benzene rings is 1. The van der Waals surface area contributed by atoms with Gasteiger partial charge in [0, 0.05) is 12.6 Å². The number of nitrogens with zero attached hydrogens (tertiary/aromatic N) is 2. The van der Waals surface area contributed by atoms with E-state index in [1.54, 1.807) is 25.1 Å². The fourth-order valence-corrected chi connectivity index (χ4v) is 2.27. The summed E-state index contributed by atoms with van der Waals surface area (Å²) in [6.45, 7) is 2.01. The van der Waals surface area contributed by atoms with Crippen LogP contribution in [0.4, 0.5) is 0 Å². The highest BCUT2D eigenvalue weighted by Gasteiger charge is 2.13. The van der Waals surface area contributed by atoms with Gasteiger partial charge in [0.1, 0.15) is 5.71 Å². The first-order chi connectivity index (χ1) is 11.0. The molecule has 2 aromatic rings. The van der Waals surface area contributed by atoms with Crippen LogP contribution in [0.3, 0.4) is 0 Å². The quantitative estimate of drug-likeness (QED) is 0.382. The number of aromatic nitrogens is 1. The van der Waals surface area contributed by atoms with Crippen molar-refractivity contribution in [1.29, 1.82) is 0 Å². The Kier molecular flexibility index (Phi) is 5.96. The Morgan fingerprint density at radius 1 is 1.26 bits per heavy atom. The summed E-state index contributed by atoms with van der Waals surface area (Å²) in [7, 11) is 0. The Bertz CT molecular complexity index is 748. The first-order valence-electron chi connectivity index (χ1n) is 6.83. The van der Waals surface area contributed by atoms with Crippen molar-refractivity contribution in [1.82, 2.24) is 4.98 Å². The van der Waals surface area contributed by atoms with Crippen LogP contribution in [0.15, 0.2) is 41.7 Å². The molecule has 0 radical (unpaired) electrons. The van der Waals surface area contributed by atoms with Crippen LogP contribution >= 0.6 is 23.2 Å². The fourth-order valence-electron chi connectivity index (χ4n) is 1.95. The Labute approximate surface area is 143 Å². The third-order valence-corrected chi connectivity index (χ3v) is 3.78. The molecule has 0 aliphatic heterocycles. The van der Waals surface area contributed by atoms with Crippen LogP contribution in [0.2, 0.25) is 10.0 Å². The second-order valence-electron chi connectivity index (χ2n) is 4.62. The summed E-state index contributed by atoms with van der Waals surface area (Å²) >= 11 is 11.9. The van der Waals surface area contributed by atoms with Gasteiger partial charge in [0.2, 0.25) is 0 Å². The number of oxime groups is 1. The summed E-state index contributed by atoms with van der Waals surface area (Å²) in [5.41, 5.74) is 1.82. The normalized spacial score (nSPS) is 11.3. The van der Waals surface area contributed by atoms with Gasteiger partial charge in [0.05, 0.1) is 27.9 Å². The molecule has 0 atom stereocenters. The van der Waals surface area contributed by atoms with Crippen molar-refractivity contribution < 1.29 is 14.7 Å². The van der Waals surface area contributed by atoms with E-state index in [9.17, 15) is 10.0 Å². The van der Waals surface area contributed by atoms with Gasteiger partial charge < -0.3 is 9.94 Å². The predicted octanol–water partition coefficient (Wildman–Crippen LogP) is 3.99. The number of carbonyl (C=O) groups is 1. The Morgan fingerprint density at radius 3 is 2.70 bits per heavy atom. The average molecular weight is 353 g/mol. The molecular weight excluding hydrogens is 339 g/mol. The van der Waals surface area contributed by atoms with E-state index >= 15 is 0 Å². The van der Waals surface area contributed by atoms with Crippen LogP contribution in [0, 0.1) is 0 Å². The van der Waals surface area contributed by atoms with E-state index in [-0.39, 0.29) is 13.0 Å². The highest BCUT2D eigenvalue weighted by atomic mass is 35.5. The van der Waals surface area contributed by atoms with Gasteiger partial charge in [-0.2, -0.15) is 0 Å². The molecule has 2 rings (SSSR count). The minimum atomic E-state index is -0.456. The number of halogens is 2. The van der Waals surface area contributed by atoms with Crippen LogP contribution in [-0.4, -0.2) is 28.5 Å². The monoisotopic (exact) mass is 352 g/mol. The largest absolute Gasteiger partial charge is 0.462 e. The second-order valence-corrected chi connectivity index (χ2v) is 5.44. The van der Waals surface area contributed by atoms with E-state index in [2.05, 4.69) is 10.1 Å². The highest BCUT2D eigenvalue weighted by molar-refractivity contribution is 6.42. The van der Waals surface area contributed by atoms with Gasteiger partial charge in [-0.1, -0.05) is 34.4 Å². The van der Waals surface area contributed by atoms with E-state index in [4.69, 9.17) is 27.9 Å². The molecule has 5 nitrogen and oxygen atoms in total. The fraction of sp³-hybridized carbons (Fsp3) is 0.188. The molecular formula is C16H14Cl2N2O3. The Morgan fingerprint density at radius 2 is 2.04 bits per heavy atom. The molecule has 1 aromatic carbocycles. The number of carbonyl (C=O) groups excluding carboxylic acids is 1. The highest BCUT2D eigenvalue weighted by Crippen LogP contribution is 2.23. The minimum absolute atomic E-state index is 0.278. The Balaban J connectivity index is 2.26. The molecule has 0 aliphatic carbocycles. The lowest BCUT2D eigenvalue weighted by atomic mass is 10.0. The molecule has 120 valence electrons. The van der Waals surface area contributed by atoms with E-state index in [1.165, 1.54) is 18.3 Å². The molecule has 0 unspecified atom stereocenters. The number of esters is 1. The molecule has 1 heterocycles. The summed E-state index contributed by atoms with van der Waals surface area (Å²) in [6.07, 6.45) is 1.74. The molecule has 1 aromatic heterocycles. The maximum Gasteiger partial charge on any atom is 0.338 e. The molecule has 0 saturated heterocycles. The van der Waals surface area contributed by atoms with Crippen molar-refractivity contribution in [2.24, 2.45) is 5.16 Å². The number of rotatable bonds is 5. The summed E-state index contributed by atoms with van der Waals surface area (Å²) < 4.78 is 4.94. The smallest absolute Gasteiger partial charge is 0.338 e. The summed E-state index contributed by atoms with van der Waals surface area (Å²) in [5, 5.41) is 13.4. The number of pyridine rings is 1. The van der Waals surface area contributed by atoms with Crippen molar-refractivity contribution >= 4 is 34.9 Å². The standard InChI is InChI=1S/C16H14Cl2N2O3/c1-2-23-16(21)11-5-6-19-14(9-11)15(20-22)8-10-3-4-12(17)13(18)7-10/h3-7,9,22H,2,8H2,1H3/b20-15+. The van der Waals surface area contributed by atoms with Gasteiger partial charge in [-0.05, 0) is 36.8 Å². The summed E-state index contributed by atoms with van der Waals surface area (Å²) in [5.74, 6) is -0.456. The van der Waals surface area contributed by atoms with Gasteiger partial charge in [-0.25, -0.2) is 4.79 Å².